The van der Waals surface area contributed by atoms with E-state index in [2.05, 4.69) is 4.74 Å². The molecule has 0 atom stereocenters. The van der Waals surface area contributed by atoms with Crippen molar-refractivity contribution in [2.75, 3.05) is 27.9 Å². The van der Waals surface area contributed by atoms with Crippen molar-refractivity contribution < 1.29 is 28.2 Å². The molecular weight excluding hydrogens is 364 g/mol. The van der Waals surface area contributed by atoms with Gasteiger partial charge in [-0.05, 0) is 42.8 Å². The zero-order valence-corrected chi connectivity index (χ0v) is 16.0. The highest BCUT2D eigenvalue weighted by atomic mass is 16.6. The zero-order chi connectivity index (χ0) is 20.3. The molecule has 0 amide bonds. The van der Waals surface area contributed by atoms with Crippen molar-refractivity contribution in [2.45, 2.75) is 6.92 Å². The van der Waals surface area contributed by atoms with Crippen molar-refractivity contribution in [2.24, 2.45) is 0 Å². The molecule has 28 heavy (non-hydrogen) atoms. The summed E-state index contributed by atoms with van der Waals surface area (Å²) in [6, 6.07) is 10.3. The van der Waals surface area contributed by atoms with E-state index in [0.717, 1.165) is 10.9 Å². The summed E-state index contributed by atoms with van der Waals surface area (Å²) in [6.07, 6.45) is 0. The first-order chi connectivity index (χ1) is 13.5. The predicted molar refractivity (Wildman–Crippen MR) is 103 cm³/mol. The standard InChI is InChI=1S/C21H20O7/c1-12-15-7-5-14(27-11-19(22)26-4)10-18(15)28-21(23)20(12)16-9-13(24-2)6-8-17(16)25-3/h5-10H,11H2,1-4H3. The molecule has 0 aliphatic heterocycles. The second kappa shape index (κ2) is 8.04. The summed E-state index contributed by atoms with van der Waals surface area (Å²) in [5, 5.41) is 0.741. The number of carbonyl (C=O) groups excluding carboxylic acids is 1. The van der Waals surface area contributed by atoms with Gasteiger partial charge in [0.1, 0.15) is 22.8 Å². The number of benzene rings is 2. The summed E-state index contributed by atoms with van der Waals surface area (Å²) >= 11 is 0. The highest BCUT2D eigenvalue weighted by Gasteiger charge is 2.18. The molecule has 0 fully saturated rings. The Morgan fingerprint density at radius 2 is 1.75 bits per heavy atom. The monoisotopic (exact) mass is 384 g/mol. The van der Waals surface area contributed by atoms with Gasteiger partial charge in [0.15, 0.2) is 6.61 Å². The topological polar surface area (TPSA) is 84.2 Å². The summed E-state index contributed by atoms with van der Waals surface area (Å²) in [4.78, 5) is 24.0. The minimum atomic E-state index is -0.512. The number of aryl methyl sites for hydroxylation is 1. The lowest BCUT2D eigenvalue weighted by Crippen LogP contribution is -2.12. The Balaban J connectivity index is 2.11. The van der Waals surface area contributed by atoms with Crippen LogP contribution >= 0.6 is 0 Å². The second-order valence-electron chi connectivity index (χ2n) is 5.98. The fraction of sp³-hybridized carbons (Fsp3) is 0.238. The normalized spacial score (nSPS) is 10.6. The number of hydrogen-bond donors (Lipinski definition) is 0. The Morgan fingerprint density at radius 1 is 1.00 bits per heavy atom. The van der Waals surface area contributed by atoms with Gasteiger partial charge in [-0.15, -0.1) is 0 Å². The van der Waals surface area contributed by atoms with Crippen LogP contribution in [0.25, 0.3) is 22.1 Å². The van der Waals surface area contributed by atoms with Crippen LogP contribution in [0.1, 0.15) is 5.56 Å². The van der Waals surface area contributed by atoms with Gasteiger partial charge in [-0.1, -0.05) is 0 Å². The van der Waals surface area contributed by atoms with Crippen LogP contribution in [0.15, 0.2) is 45.6 Å². The van der Waals surface area contributed by atoms with E-state index in [-0.39, 0.29) is 6.61 Å². The summed E-state index contributed by atoms with van der Waals surface area (Å²) in [6.45, 7) is 1.60. The van der Waals surface area contributed by atoms with Gasteiger partial charge in [-0.25, -0.2) is 9.59 Å². The van der Waals surface area contributed by atoms with Gasteiger partial charge in [-0.3, -0.25) is 0 Å². The van der Waals surface area contributed by atoms with Crippen LogP contribution in [0.2, 0.25) is 0 Å². The fourth-order valence-corrected chi connectivity index (χ4v) is 2.95. The molecule has 2 aromatic carbocycles. The molecule has 0 spiro atoms. The molecule has 0 radical (unpaired) electrons. The van der Waals surface area contributed by atoms with E-state index >= 15 is 0 Å². The molecular formula is C21H20O7. The van der Waals surface area contributed by atoms with E-state index in [0.29, 0.717) is 34.0 Å². The molecule has 0 unspecified atom stereocenters. The average Bonchev–Trinajstić information content (AvgIpc) is 2.71. The van der Waals surface area contributed by atoms with Gasteiger partial charge in [0, 0.05) is 17.0 Å². The van der Waals surface area contributed by atoms with Gasteiger partial charge in [0.05, 0.1) is 26.9 Å². The average molecular weight is 384 g/mol. The Kier molecular flexibility index (Phi) is 5.54. The largest absolute Gasteiger partial charge is 0.497 e. The van der Waals surface area contributed by atoms with Crippen molar-refractivity contribution in [3.63, 3.8) is 0 Å². The van der Waals surface area contributed by atoms with Gasteiger partial charge in [0.25, 0.3) is 0 Å². The van der Waals surface area contributed by atoms with Crippen LogP contribution in [0, 0.1) is 6.92 Å². The molecule has 0 saturated heterocycles. The number of rotatable bonds is 6. The minimum Gasteiger partial charge on any atom is -0.497 e. The lowest BCUT2D eigenvalue weighted by atomic mass is 9.98. The summed E-state index contributed by atoms with van der Waals surface area (Å²) in [5.41, 5.74) is 1.56. The van der Waals surface area contributed by atoms with E-state index in [1.807, 2.05) is 6.92 Å². The van der Waals surface area contributed by atoms with Crippen molar-refractivity contribution in [1.82, 2.24) is 0 Å². The molecule has 146 valence electrons. The molecule has 0 aliphatic rings. The SMILES string of the molecule is COC(=O)COc1ccc2c(C)c(-c3cc(OC)ccc3OC)c(=O)oc2c1. The Morgan fingerprint density at radius 3 is 2.43 bits per heavy atom. The van der Waals surface area contributed by atoms with Crippen LogP contribution in [0.4, 0.5) is 0 Å². The van der Waals surface area contributed by atoms with Crippen LogP contribution in [-0.2, 0) is 9.53 Å². The number of ether oxygens (including phenoxy) is 4. The first-order valence-corrected chi connectivity index (χ1v) is 8.48. The predicted octanol–water partition coefficient (Wildman–Crippen LogP) is 3.34. The maximum atomic E-state index is 12.8. The molecule has 0 N–H and O–H groups in total. The first kappa shape index (κ1) is 19.3. The maximum absolute atomic E-state index is 12.8. The van der Waals surface area contributed by atoms with Crippen molar-refractivity contribution >= 4 is 16.9 Å². The van der Waals surface area contributed by atoms with Crippen LogP contribution < -0.4 is 19.8 Å². The maximum Gasteiger partial charge on any atom is 0.344 e. The van der Waals surface area contributed by atoms with E-state index in [1.165, 1.54) is 14.2 Å². The van der Waals surface area contributed by atoms with Gasteiger partial charge >= 0.3 is 11.6 Å². The van der Waals surface area contributed by atoms with Crippen molar-refractivity contribution in [1.29, 1.82) is 0 Å². The summed E-state index contributed by atoms with van der Waals surface area (Å²) < 4.78 is 26.1. The molecule has 3 rings (SSSR count). The molecule has 7 nitrogen and oxygen atoms in total. The third-order valence-electron chi connectivity index (χ3n) is 4.40. The number of methoxy groups -OCH3 is 3. The van der Waals surface area contributed by atoms with Gasteiger partial charge in [0.2, 0.25) is 0 Å². The van der Waals surface area contributed by atoms with Crippen LogP contribution in [-0.4, -0.2) is 33.9 Å². The highest BCUT2D eigenvalue weighted by molar-refractivity contribution is 5.89. The van der Waals surface area contributed by atoms with E-state index < -0.39 is 11.6 Å². The number of fused-ring (bicyclic) bond motifs is 1. The lowest BCUT2D eigenvalue weighted by molar-refractivity contribution is -0.142. The van der Waals surface area contributed by atoms with E-state index in [4.69, 9.17) is 18.6 Å². The minimum absolute atomic E-state index is 0.232. The van der Waals surface area contributed by atoms with Gasteiger partial charge < -0.3 is 23.4 Å². The Labute approximate surface area is 161 Å². The molecule has 7 heteroatoms. The van der Waals surface area contributed by atoms with E-state index in [1.54, 1.807) is 43.5 Å². The first-order valence-electron chi connectivity index (χ1n) is 8.48. The van der Waals surface area contributed by atoms with Crippen LogP contribution in [0.3, 0.4) is 0 Å². The molecule has 0 aliphatic carbocycles. The number of carbonyl (C=O) groups is 1. The molecule has 1 aromatic heterocycles. The Hall–Kier alpha value is -3.48. The second-order valence-corrected chi connectivity index (χ2v) is 5.98. The summed E-state index contributed by atoms with van der Waals surface area (Å²) in [5.74, 6) is 1.03. The fourth-order valence-electron chi connectivity index (χ4n) is 2.95. The van der Waals surface area contributed by atoms with Crippen molar-refractivity contribution in [3.8, 4) is 28.4 Å². The van der Waals surface area contributed by atoms with Crippen molar-refractivity contribution in [3.05, 3.63) is 52.4 Å². The molecule has 0 bridgehead atoms. The zero-order valence-electron chi connectivity index (χ0n) is 16.0. The number of esters is 1. The van der Waals surface area contributed by atoms with Crippen LogP contribution in [0.5, 0.6) is 17.2 Å². The third kappa shape index (κ3) is 3.64. The molecule has 3 aromatic rings. The quantitative estimate of drug-likeness (QED) is 0.476. The molecule has 1 heterocycles. The third-order valence-corrected chi connectivity index (χ3v) is 4.40. The molecule has 0 saturated carbocycles. The number of hydrogen-bond acceptors (Lipinski definition) is 7. The Bertz CT molecular complexity index is 1080. The smallest absolute Gasteiger partial charge is 0.344 e. The summed E-state index contributed by atoms with van der Waals surface area (Å²) in [7, 11) is 4.37. The van der Waals surface area contributed by atoms with E-state index in [9.17, 15) is 9.59 Å². The lowest BCUT2D eigenvalue weighted by Gasteiger charge is -2.13. The van der Waals surface area contributed by atoms with Gasteiger partial charge in [-0.2, -0.15) is 0 Å². The highest BCUT2D eigenvalue weighted by Crippen LogP contribution is 2.36.